The van der Waals surface area contributed by atoms with Gasteiger partial charge >= 0.3 is 0 Å². The van der Waals surface area contributed by atoms with Crippen molar-refractivity contribution in [2.75, 3.05) is 17.1 Å². The van der Waals surface area contributed by atoms with Gasteiger partial charge in [-0.25, -0.2) is 8.42 Å². The Morgan fingerprint density at radius 1 is 0.925 bits per heavy atom. The molecule has 0 saturated carbocycles. The fourth-order valence-corrected chi connectivity index (χ4v) is 5.53. The van der Waals surface area contributed by atoms with Gasteiger partial charge in [0.25, 0.3) is 0 Å². The number of benzene rings is 3. The normalized spacial score (nSPS) is 12.5. The molecule has 0 bridgehead atoms. The zero-order valence-corrected chi connectivity index (χ0v) is 25.5. The Morgan fingerprint density at radius 3 is 2.17 bits per heavy atom. The first-order valence-corrected chi connectivity index (χ1v) is 15.3. The van der Waals surface area contributed by atoms with E-state index in [4.69, 9.17) is 11.6 Å². The number of nitrogens with zero attached hydrogens (tertiary/aromatic N) is 2. The predicted molar refractivity (Wildman–Crippen MR) is 162 cm³/mol. The van der Waals surface area contributed by atoms with Crippen molar-refractivity contribution in [2.24, 2.45) is 0 Å². The summed E-state index contributed by atoms with van der Waals surface area (Å²) in [6.45, 7) is 8.90. The van der Waals surface area contributed by atoms with Crippen LogP contribution in [0.3, 0.4) is 0 Å². The van der Waals surface area contributed by atoms with Crippen molar-refractivity contribution in [3.05, 3.63) is 100 Å². The lowest BCUT2D eigenvalue weighted by atomic mass is 10.0. The van der Waals surface area contributed by atoms with Gasteiger partial charge in [-0.2, -0.15) is 0 Å². The van der Waals surface area contributed by atoms with Gasteiger partial charge < -0.3 is 10.2 Å². The molecule has 3 aromatic carbocycles. The number of carbonyl (C=O) groups excluding carboxylic acids is 2. The molecule has 3 rings (SSSR count). The highest BCUT2D eigenvalue weighted by atomic mass is 35.5. The summed E-state index contributed by atoms with van der Waals surface area (Å²) in [5.74, 6) is -0.833. The minimum absolute atomic E-state index is 0.0683. The Labute approximate surface area is 243 Å². The molecule has 40 heavy (non-hydrogen) atoms. The standard InChI is InChI=1S/C31H38ClN3O4S/c1-22-15-16-23(2)27(17-22)35(40(6,38)39)21-29(36)34(20-25-13-10-14-26(32)18-25)28(30(37)33-31(3,4)5)19-24-11-8-7-9-12-24/h7-18,28H,19-21H2,1-6H3,(H,33,37)/t28-/m0/s1. The monoisotopic (exact) mass is 583 g/mol. The highest BCUT2D eigenvalue weighted by Gasteiger charge is 2.34. The van der Waals surface area contributed by atoms with Gasteiger partial charge in [-0.1, -0.05) is 66.2 Å². The van der Waals surface area contributed by atoms with Crippen molar-refractivity contribution in [3.63, 3.8) is 0 Å². The van der Waals surface area contributed by atoms with E-state index in [1.165, 1.54) is 4.90 Å². The molecule has 0 aliphatic heterocycles. The number of anilines is 1. The Kier molecular flexibility index (Phi) is 10.0. The number of amides is 2. The van der Waals surface area contributed by atoms with Crippen molar-refractivity contribution in [3.8, 4) is 0 Å². The number of rotatable bonds is 10. The molecule has 3 aromatic rings. The number of hydrogen-bond donors (Lipinski definition) is 1. The lowest BCUT2D eigenvalue weighted by Crippen LogP contribution is -2.56. The topological polar surface area (TPSA) is 86.8 Å². The first-order valence-electron chi connectivity index (χ1n) is 13.1. The third-order valence-electron chi connectivity index (χ3n) is 6.32. The van der Waals surface area contributed by atoms with Crippen LogP contribution in [0.1, 0.15) is 43.0 Å². The molecule has 0 fully saturated rings. The molecule has 2 amide bonds. The van der Waals surface area contributed by atoms with E-state index in [-0.39, 0.29) is 18.9 Å². The van der Waals surface area contributed by atoms with Crippen molar-refractivity contribution < 1.29 is 18.0 Å². The fraction of sp³-hybridized carbons (Fsp3) is 0.355. The van der Waals surface area contributed by atoms with Crippen LogP contribution >= 0.6 is 11.6 Å². The lowest BCUT2D eigenvalue weighted by molar-refractivity contribution is -0.140. The number of aryl methyl sites for hydroxylation is 2. The SMILES string of the molecule is Cc1ccc(C)c(N(CC(=O)N(Cc2cccc(Cl)c2)[C@@H](Cc2ccccc2)C(=O)NC(C)(C)C)S(C)(=O)=O)c1. The zero-order chi connectivity index (χ0) is 29.7. The van der Waals surface area contributed by atoms with Crippen molar-refractivity contribution >= 4 is 39.1 Å². The molecule has 0 radical (unpaired) electrons. The first-order chi connectivity index (χ1) is 18.6. The maximum Gasteiger partial charge on any atom is 0.244 e. The molecule has 214 valence electrons. The predicted octanol–water partition coefficient (Wildman–Crippen LogP) is 5.28. The third-order valence-corrected chi connectivity index (χ3v) is 7.69. The molecule has 0 aromatic heterocycles. The molecular formula is C31H38ClN3O4S. The summed E-state index contributed by atoms with van der Waals surface area (Å²) in [6, 6.07) is 21.1. The van der Waals surface area contributed by atoms with Gasteiger partial charge in [-0.15, -0.1) is 0 Å². The fourth-order valence-electron chi connectivity index (χ4n) is 4.42. The summed E-state index contributed by atoms with van der Waals surface area (Å²) in [5, 5.41) is 3.51. The van der Waals surface area contributed by atoms with Crippen LogP contribution in [-0.4, -0.2) is 49.5 Å². The van der Waals surface area contributed by atoms with Gasteiger partial charge in [0.05, 0.1) is 11.9 Å². The van der Waals surface area contributed by atoms with Gasteiger partial charge in [0, 0.05) is 23.5 Å². The molecule has 9 heteroatoms. The van der Waals surface area contributed by atoms with Crippen LogP contribution in [0.5, 0.6) is 0 Å². The van der Waals surface area contributed by atoms with E-state index >= 15 is 0 Å². The number of sulfonamides is 1. The Hall–Kier alpha value is -3.36. The van der Waals surface area contributed by atoms with Crippen molar-refractivity contribution in [1.82, 2.24) is 10.2 Å². The minimum Gasteiger partial charge on any atom is -0.350 e. The number of carbonyl (C=O) groups is 2. The molecule has 0 aliphatic rings. The van der Waals surface area contributed by atoms with Crippen LogP contribution in [0.2, 0.25) is 5.02 Å². The van der Waals surface area contributed by atoms with Crippen LogP contribution in [-0.2, 0) is 32.6 Å². The second-order valence-corrected chi connectivity index (χ2v) is 13.5. The number of nitrogens with one attached hydrogen (secondary N) is 1. The Bertz CT molecular complexity index is 1450. The van der Waals surface area contributed by atoms with Crippen molar-refractivity contribution in [2.45, 2.75) is 59.2 Å². The summed E-state index contributed by atoms with van der Waals surface area (Å²) in [7, 11) is -3.83. The molecule has 0 heterocycles. The third kappa shape index (κ3) is 8.83. The second kappa shape index (κ2) is 12.9. The molecule has 7 nitrogen and oxygen atoms in total. The average Bonchev–Trinajstić information content (AvgIpc) is 2.85. The zero-order valence-electron chi connectivity index (χ0n) is 23.9. The lowest BCUT2D eigenvalue weighted by Gasteiger charge is -2.35. The van der Waals surface area contributed by atoms with Gasteiger partial charge in [0.2, 0.25) is 21.8 Å². The number of halogens is 1. The quantitative estimate of drug-likeness (QED) is 0.352. The van der Waals surface area contributed by atoms with Gasteiger partial charge in [-0.3, -0.25) is 13.9 Å². The molecular weight excluding hydrogens is 546 g/mol. The Balaban J connectivity index is 2.10. The summed E-state index contributed by atoms with van der Waals surface area (Å²) in [6.07, 6.45) is 1.33. The van der Waals surface area contributed by atoms with Crippen LogP contribution in [0.15, 0.2) is 72.8 Å². The minimum atomic E-state index is -3.83. The van der Waals surface area contributed by atoms with Gasteiger partial charge in [-0.05, 0) is 75.1 Å². The van der Waals surface area contributed by atoms with E-state index in [2.05, 4.69) is 5.32 Å². The molecule has 1 atom stereocenters. The van der Waals surface area contributed by atoms with Gasteiger partial charge in [0.15, 0.2) is 0 Å². The van der Waals surface area contributed by atoms with Crippen LogP contribution in [0.25, 0.3) is 0 Å². The van der Waals surface area contributed by atoms with E-state index in [0.717, 1.165) is 32.8 Å². The molecule has 0 aliphatic carbocycles. The van der Waals surface area contributed by atoms with Crippen LogP contribution < -0.4 is 9.62 Å². The van der Waals surface area contributed by atoms with E-state index in [1.807, 2.05) is 76.2 Å². The van der Waals surface area contributed by atoms with Crippen LogP contribution in [0, 0.1) is 13.8 Å². The summed E-state index contributed by atoms with van der Waals surface area (Å²) in [5.41, 5.74) is 3.06. The first kappa shape index (κ1) is 31.2. The van der Waals surface area contributed by atoms with E-state index in [0.29, 0.717) is 10.7 Å². The second-order valence-electron chi connectivity index (χ2n) is 11.2. The van der Waals surface area contributed by atoms with E-state index in [9.17, 15) is 18.0 Å². The smallest absolute Gasteiger partial charge is 0.244 e. The molecule has 0 saturated heterocycles. The van der Waals surface area contributed by atoms with Gasteiger partial charge in [0.1, 0.15) is 12.6 Å². The average molecular weight is 584 g/mol. The summed E-state index contributed by atoms with van der Waals surface area (Å²) < 4.78 is 27.1. The van der Waals surface area contributed by atoms with E-state index in [1.54, 1.807) is 31.2 Å². The highest BCUT2D eigenvalue weighted by Crippen LogP contribution is 2.25. The summed E-state index contributed by atoms with van der Waals surface area (Å²) in [4.78, 5) is 29.4. The van der Waals surface area contributed by atoms with E-state index < -0.39 is 34.1 Å². The summed E-state index contributed by atoms with van der Waals surface area (Å²) >= 11 is 6.25. The number of hydrogen-bond acceptors (Lipinski definition) is 4. The Morgan fingerprint density at radius 2 is 1.57 bits per heavy atom. The maximum atomic E-state index is 14.2. The van der Waals surface area contributed by atoms with Crippen molar-refractivity contribution in [1.29, 1.82) is 0 Å². The largest absolute Gasteiger partial charge is 0.350 e. The highest BCUT2D eigenvalue weighted by molar-refractivity contribution is 7.92. The van der Waals surface area contributed by atoms with Crippen LogP contribution in [0.4, 0.5) is 5.69 Å². The molecule has 1 N–H and O–H groups in total. The molecule has 0 unspecified atom stereocenters. The maximum absolute atomic E-state index is 14.2. The molecule has 0 spiro atoms.